The number of benzene rings is 1. The Hall–Kier alpha value is -1.03. The summed E-state index contributed by atoms with van der Waals surface area (Å²) >= 11 is 3.46. The first-order valence-corrected chi connectivity index (χ1v) is 4.77. The van der Waals surface area contributed by atoms with Gasteiger partial charge < -0.3 is 10.3 Å². The van der Waals surface area contributed by atoms with Crippen molar-refractivity contribution in [2.45, 2.75) is 6.92 Å². The lowest BCUT2D eigenvalue weighted by Gasteiger charge is -1.98. The molecule has 0 saturated carbocycles. The summed E-state index contributed by atoms with van der Waals surface area (Å²) in [5.74, 6) is 0.543. The summed E-state index contributed by atoms with van der Waals surface area (Å²) in [6.07, 6.45) is 0. The van der Waals surface area contributed by atoms with Gasteiger partial charge in [0.05, 0.1) is 5.52 Å². The minimum atomic E-state index is 0.543. The van der Waals surface area contributed by atoms with Crippen molar-refractivity contribution in [1.82, 2.24) is 9.55 Å². The van der Waals surface area contributed by atoms with Crippen LogP contribution >= 0.6 is 15.9 Å². The van der Waals surface area contributed by atoms with Gasteiger partial charge in [0.2, 0.25) is 5.95 Å². The van der Waals surface area contributed by atoms with Crippen LogP contribution < -0.4 is 5.73 Å². The molecule has 0 atom stereocenters. The van der Waals surface area contributed by atoms with Crippen LogP contribution in [-0.4, -0.2) is 9.55 Å². The van der Waals surface area contributed by atoms with Gasteiger partial charge in [-0.15, -0.1) is 0 Å². The lowest BCUT2D eigenvalue weighted by atomic mass is 10.2. The lowest BCUT2D eigenvalue weighted by molar-refractivity contribution is 0.964. The molecule has 4 heteroatoms. The van der Waals surface area contributed by atoms with E-state index in [0.29, 0.717) is 5.95 Å². The second-order valence-electron chi connectivity index (χ2n) is 3.14. The van der Waals surface area contributed by atoms with E-state index in [2.05, 4.69) is 27.0 Å². The molecule has 1 aromatic heterocycles. The molecule has 0 aliphatic heterocycles. The van der Waals surface area contributed by atoms with Crippen LogP contribution in [-0.2, 0) is 7.05 Å². The van der Waals surface area contributed by atoms with Crippen molar-refractivity contribution in [3.05, 3.63) is 22.2 Å². The largest absolute Gasteiger partial charge is 0.369 e. The van der Waals surface area contributed by atoms with Crippen LogP contribution in [0, 0.1) is 6.92 Å². The monoisotopic (exact) mass is 239 g/mol. The molecule has 2 aromatic rings. The Morgan fingerprint density at radius 2 is 2.15 bits per heavy atom. The van der Waals surface area contributed by atoms with Gasteiger partial charge in [-0.3, -0.25) is 0 Å². The van der Waals surface area contributed by atoms with Crippen molar-refractivity contribution in [3.8, 4) is 0 Å². The molecule has 0 radical (unpaired) electrons. The Morgan fingerprint density at radius 3 is 2.85 bits per heavy atom. The van der Waals surface area contributed by atoms with E-state index in [9.17, 15) is 0 Å². The van der Waals surface area contributed by atoms with Crippen molar-refractivity contribution < 1.29 is 0 Å². The van der Waals surface area contributed by atoms with Gasteiger partial charge in [-0.2, -0.15) is 0 Å². The Morgan fingerprint density at radius 1 is 1.46 bits per heavy atom. The quantitative estimate of drug-likeness (QED) is 0.767. The van der Waals surface area contributed by atoms with Crippen LogP contribution in [0.1, 0.15) is 5.56 Å². The predicted molar refractivity (Wildman–Crippen MR) is 57.6 cm³/mol. The zero-order valence-corrected chi connectivity index (χ0v) is 9.09. The fourth-order valence-corrected chi connectivity index (χ4v) is 2.05. The molecule has 0 aliphatic carbocycles. The molecule has 1 aromatic carbocycles. The molecule has 0 unspecified atom stereocenters. The highest BCUT2D eigenvalue weighted by Gasteiger charge is 2.07. The molecule has 0 spiro atoms. The number of nitrogens with two attached hydrogens (primary N) is 1. The molecule has 13 heavy (non-hydrogen) atoms. The molecule has 0 bridgehead atoms. The first kappa shape index (κ1) is 8.56. The van der Waals surface area contributed by atoms with E-state index in [1.54, 1.807) is 0 Å². The highest BCUT2D eigenvalue weighted by atomic mass is 79.9. The zero-order chi connectivity index (χ0) is 9.59. The summed E-state index contributed by atoms with van der Waals surface area (Å²) in [7, 11) is 1.91. The molecule has 0 fully saturated rings. The van der Waals surface area contributed by atoms with Gasteiger partial charge in [0, 0.05) is 11.5 Å². The van der Waals surface area contributed by atoms with Gasteiger partial charge in [-0.1, -0.05) is 0 Å². The fourth-order valence-electron chi connectivity index (χ4n) is 1.40. The summed E-state index contributed by atoms with van der Waals surface area (Å²) in [5.41, 5.74) is 8.88. The molecule has 68 valence electrons. The van der Waals surface area contributed by atoms with Crippen LogP contribution in [0.5, 0.6) is 0 Å². The predicted octanol–water partition coefficient (Wildman–Crippen LogP) is 2.23. The fraction of sp³-hybridized carbons (Fsp3) is 0.222. The van der Waals surface area contributed by atoms with E-state index in [-0.39, 0.29) is 0 Å². The van der Waals surface area contributed by atoms with Gasteiger partial charge in [-0.25, -0.2) is 4.98 Å². The zero-order valence-electron chi connectivity index (χ0n) is 7.50. The van der Waals surface area contributed by atoms with Crippen molar-refractivity contribution in [3.63, 3.8) is 0 Å². The van der Waals surface area contributed by atoms with Gasteiger partial charge in [-0.05, 0) is 40.5 Å². The molecule has 0 aliphatic rings. The van der Waals surface area contributed by atoms with Crippen LogP contribution in [0.3, 0.4) is 0 Å². The number of rotatable bonds is 0. The molecule has 3 nitrogen and oxygen atoms in total. The molecule has 0 amide bonds. The molecule has 0 saturated heterocycles. The molecule has 2 rings (SSSR count). The number of imidazole rings is 1. The molecular weight excluding hydrogens is 230 g/mol. The summed E-state index contributed by atoms with van der Waals surface area (Å²) < 4.78 is 2.88. The smallest absolute Gasteiger partial charge is 0.200 e. The number of halogens is 1. The summed E-state index contributed by atoms with van der Waals surface area (Å²) in [5, 5.41) is 0. The standard InChI is InChI=1S/C9H10BrN3/c1-5-3-6(10)8-7(4-5)13(2)9(11)12-8/h3-4H,1-2H3,(H2,11,12). The third kappa shape index (κ3) is 1.21. The minimum absolute atomic E-state index is 0.543. The number of hydrogen-bond acceptors (Lipinski definition) is 2. The molecular formula is C9H10BrN3. The number of nitrogens with zero attached hydrogens (tertiary/aromatic N) is 2. The van der Waals surface area contributed by atoms with Gasteiger partial charge in [0.1, 0.15) is 5.52 Å². The van der Waals surface area contributed by atoms with E-state index >= 15 is 0 Å². The van der Waals surface area contributed by atoms with Crippen LogP contribution in [0.4, 0.5) is 5.95 Å². The summed E-state index contributed by atoms with van der Waals surface area (Å²) in [6.45, 7) is 2.05. The summed E-state index contributed by atoms with van der Waals surface area (Å²) in [4.78, 5) is 4.25. The number of aryl methyl sites for hydroxylation is 2. The topological polar surface area (TPSA) is 43.8 Å². The maximum atomic E-state index is 5.70. The second kappa shape index (κ2) is 2.73. The number of hydrogen-bond donors (Lipinski definition) is 1. The average Bonchev–Trinajstić information content (AvgIpc) is 2.32. The number of anilines is 1. The van der Waals surface area contributed by atoms with Crippen molar-refractivity contribution in [1.29, 1.82) is 0 Å². The van der Waals surface area contributed by atoms with E-state index < -0.39 is 0 Å². The van der Waals surface area contributed by atoms with E-state index in [4.69, 9.17) is 5.73 Å². The number of fused-ring (bicyclic) bond motifs is 1. The highest BCUT2D eigenvalue weighted by Crippen LogP contribution is 2.26. The Labute approximate surface area is 84.7 Å². The summed E-state index contributed by atoms with van der Waals surface area (Å²) in [6, 6.07) is 4.11. The van der Waals surface area contributed by atoms with Crippen LogP contribution in [0.15, 0.2) is 16.6 Å². The van der Waals surface area contributed by atoms with Crippen molar-refractivity contribution in [2.75, 3.05) is 5.73 Å². The third-order valence-corrected chi connectivity index (χ3v) is 2.72. The van der Waals surface area contributed by atoms with Gasteiger partial charge in [0.25, 0.3) is 0 Å². The SMILES string of the molecule is Cc1cc(Br)c2nc(N)n(C)c2c1. The van der Waals surface area contributed by atoms with Crippen molar-refractivity contribution >= 4 is 32.9 Å². The molecule has 2 N–H and O–H groups in total. The van der Waals surface area contributed by atoms with Crippen LogP contribution in [0.2, 0.25) is 0 Å². The molecule has 1 heterocycles. The first-order valence-electron chi connectivity index (χ1n) is 3.97. The normalized spacial score (nSPS) is 11.0. The Bertz CT molecular complexity index is 473. The maximum Gasteiger partial charge on any atom is 0.200 e. The van der Waals surface area contributed by atoms with Crippen molar-refractivity contribution in [2.24, 2.45) is 7.05 Å². The average molecular weight is 240 g/mol. The Balaban J connectivity index is 2.94. The lowest BCUT2D eigenvalue weighted by Crippen LogP contribution is -1.96. The van der Waals surface area contributed by atoms with E-state index in [0.717, 1.165) is 15.5 Å². The van der Waals surface area contributed by atoms with E-state index in [1.807, 2.05) is 24.6 Å². The van der Waals surface area contributed by atoms with Gasteiger partial charge in [0.15, 0.2) is 0 Å². The minimum Gasteiger partial charge on any atom is -0.369 e. The van der Waals surface area contributed by atoms with E-state index in [1.165, 1.54) is 5.56 Å². The maximum absolute atomic E-state index is 5.70. The second-order valence-corrected chi connectivity index (χ2v) is 4.00. The highest BCUT2D eigenvalue weighted by molar-refractivity contribution is 9.10. The first-order chi connectivity index (χ1) is 6.09. The number of aromatic nitrogens is 2. The Kier molecular flexibility index (Phi) is 1.80. The van der Waals surface area contributed by atoms with Crippen LogP contribution in [0.25, 0.3) is 11.0 Å². The van der Waals surface area contributed by atoms with Gasteiger partial charge >= 0.3 is 0 Å². The number of nitrogen functional groups attached to an aromatic ring is 1. The third-order valence-electron chi connectivity index (χ3n) is 2.12.